The van der Waals surface area contributed by atoms with Gasteiger partial charge in [0.15, 0.2) is 17.0 Å². The summed E-state index contributed by atoms with van der Waals surface area (Å²) in [5.41, 5.74) is 7.27. The molecule has 4 atom stereocenters. The summed E-state index contributed by atoms with van der Waals surface area (Å²) in [7, 11) is -4.08. The highest BCUT2D eigenvalue weighted by molar-refractivity contribution is 7.47. The van der Waals surface area contributed by atoms with Crippen LogP contribution in [-0.2, 0) is 18.3 Å². The van der Waals surface area contributed by atoms with Crippen molar-refractivity contribution in [2.24, 2.45) is 5.92 Å². The van der Waals surface area contributed by atoms with E-state index in [0.717, 1.165) is 31.7 Å². The Morgan fingerprint density at radius 3 is 2.87 bits per heavy atom. The van der Waals surface area contributed by atoms with Gasteiger partial charge in [0.1, 0.15) is 6.23 Å². The number of aromatic nitrogens is 4. The van der Waals surface area contributed by atoms with E-state index in [2.05, 4.69) is 19.9 Å². The van der Waals surface area contributed by atoms with Gasteiger partial charge in [0, 0.05) is 19.0 Å². The van der Waals surface area contributed by atoms with Crippen LogP contribution in [0.5, 0.6) is 0 Å². The predicted octanol–water partition coefficient (Wildman–Crippen LogP) is 2.48. The smallest absolute Gasteiger partial charge is 0.368 e. The van der Waals surface area contributed by atoms with E-state index in [1.165, 1.54) is 0 Å². The Bertz CT molecular complexity index is 935. The van der Waals surface area contributed by atoms with Crippen LogP contribution in [0.4, 0.5) is 11.8 Å². The fraction of sp³-hybridized carbons (Fsp3) is 0.722. The zero-order chi connectivity index (χ0) is 21.3. The summed E-state index contributed by atoms with van der Waals surface area (Å²) >= 11 is 0. The molecule has 0 radical (unpaired) electrons. The van der Waals surface area contributed by atoms with Crippen molar-refractivity contribution in [1.29, 1.82) is 0 Å². The van der Waals surface area contributed by atoms with Gasteiger partial charge in [0.25, 0.3) is 0 Å². The fourth-order valence-corrected chi connectivity index (χ4v) is 4.55. The van der Waals surface area contributed by atoms with Crippen molar-refractivity contribution in [3.8, 4) is 0 Å². The third kappa shape index (κ3) is 4.45. The second-order valence-electron chi connectivity index (χ2n) is 7.88. The van der Waals surface area contributed by atoms with Gasteiger partial charge < -0.3 is 20.3 Å². The van der Waals surface area contributed by atoms with Gasteiger partial charge in [0.2, 0.25) is 5.95 Å². The molecule has 2 aromatic rings. The molecule has 0 amide bonds. The molecule has 2 aliphatic rings. The van der Waals surface area contributed by atoms with E-state index >= 15 is 0 Å². The minimum atomic E-state index is -4.08. The molecule has 4 unspecified atom stereocenters. The molecule has 0 aliphatic carbocycles. The van der Waals surface area contributed by atoms with Crippen LogP contribution in [0, 0.1) is 5.92 Å². The number of nitrogens with two attached hydrogens (primary N) is 1. The summed E-state index contributed by atoms with van der Waals surface area (Å²) < 4.78 is 30.1. The van der Waals surface area contributed by atoms with Crippen molar-refractivity contribution in [2.75, 3.05) is 36.9 Å². The number of hydrogen-bond donors (Lipinski definition) is 2. The van der Waals surface area contributed by atoms with E-state index in [1.54, 1.807) is 6.33 Å². The van der Waals surface area contributed by atoms with Gasteiger partial charge in [-0.15, -0.1) is 0 Å². The molecule has 2 saturated heterocycles. The number of nitrogens with zero attached hydrogens (tertiary/aromatic N) is 5. The SMILES string of the molecule is CCCCOP(=O)(O)OCC1CC(C)C(n2cnc3c(N4CCC4)nc(N)nc32)O1. The maximum Gasteiger partial charge on any atom is 0.472 e. The molecule has 166 valence electrons. The quantitative estimate of drug-likeness (QED) is 0.442. The van der Waals surface area contributed by atoms with E-state index in [9.17, 15) is 9.46 Å². The van der Waals surface area contributed by atoms with Crippen LogP contribution in [0.25, 0.3) is 11.2 Å². The van der Waals surface area contributed by atoms with E-state index in [1.807, 2.05) is 18.4 Å². The van der Waals surface area contributed by atoms with Crippen LogP contribution >= 0.6 is 7.82 Å². The number of anilines is 2. The fourth-order valence-electron chi connectivity index (χ4n) is 3.76. The molecule has 4 rings (SSSR count). The first-order valence-electron chi connectivity index (χ1n) is 10.4. The van der Waals surface area contributed by atoms with Crippen molar-refractivity contribution >= 4 is 30.8 Å². The number of hydrogen-bond acceptors (Lipinski definition) is 9. The average molecular weight is 440 g/mol. The van der Waals surface area contributed by atoms with Crippen LogP contribution in [0.1, 0.15) is 45.8 Å². The number of phosphoric ester groups is 1. The van der Waals surface area contributed by atoms with Gasteiger partial charge in [-0.25, -0.2) is 9.55 Å². The van der Waals surface area contributed by atoms with E-state index < -0.39 is 7.82 Å². The molecule has 0 saturated carbocycles. The van der Waals surface area contributed by atoms with Crippen LogP contribution in [0.15, 0.2) is 6.33 Å². The maximum atomic E-state index is 12.0. The van der Waals surface area contributed by atoms with E-state index in [4.69, 9.17) is 19.5 Å². The Hall–Kier alpha value is -1.78. The number of fused-ring (bicyclic) bond motifs is 1. The van der Waals surface area contributed by atoms with Gasteiger partial charge in [-0.1, -0.05) is 20.3 Å². The molecule has 12 heteroatoms. The van der Waals surface area contributed by atoms with Crippen LogP contribution in [-0.4, -0.2) is 56.8 Å². The lowest BCUT2D eigenvalue weighted by atomic mass is 10.1. The standard InChI is InChI=1S/C18H29N6O5P/c1-3-4-8-27-30(25,26)28-10-13-9-12(2)17(29-13)24-11-20-14-15(23-6-5-7-23)21-18(19)22-16(14)24/h11-13,17H,3-10H2,1-2H3,(H,25,26)(H2,19,21,22). The Labute approximate surface area is 175 Å². The third-order valence-corrected chi connectivity index (χ3v) is 6.46. The summed E-state index contributed by atoms with van der Waals surface area (Å²) in [5, 5.41) is 0. The number of imidazole rings is 1. The van der Waals surface area contributed by atoms with Gasteiger partial charge in [0.05, 0.1) is 25.6 Å². The van der Waals surface area contributed by atoms with Crippen molar-refractivity contribution < 1.29 is 23.2 Å². The Morgan fingerprint density at radius 2 is 2.17 bits per heavy atom. The molecule has 3 N–H and O–H groups in total. The van der Waals surface area contributed by atoms with Gasteiger partial charge in [-0.2, -0.15) is 9.97 Å². The first-order valence-corrected chi connectivity index (χ1v) is 11.9. The highest BCUT2D eigenvalue weighted by Crippen LogP contribution is 2.45. The number of unbranched alkanes of at least 4 members (excludes halogenated alkanes) is 1. The van der Waals surface area contributed by atoms with Crippen molar-refractivity contribution in [3.05, 3.63) is 6.33 Å². The number of phosphoric acid groups is 1. The molecule has 0 bridgehead atoms. The van der Waals surface area contributed by atoms with Crippen LogP contribution in [0.2, 0.25) is 0 Å². The minimum Gasteiger partial charge on any atom is -0.368 e. The number of rotatable bonds is 9. The molecular formula is C18H29N6O5P. The summed E-state index contributed by atoms with van der Waals surface area (Å²) in [6.07, 6.45) is 4.37. The van der Waals surface area contributed by atoms with Crippen molar-refractivity contribution in [2.45, 2.75) is 51.9 Å². The second-order valence-corrected chi connectivity index (χ2v) is 9.34. The Kier molecular flexibility index (Phi) is 6.26. The first-order chi connectivity index (χ1) is 14.4. The molecule has 4 heterocycles. The minimum absolute atomic E-state index is 0.0243. The third-order valence-electron chi connectivity index (χ3n) is 5.48. The molecule has 2 fully saturated rings. The van der Waals surface area contributed by atoms with Crippen molar-refractivity contribution in [3.63, 3.8) is 0 Å². The summed E-state index contributed by atoms with van der Waals surface area (Å²) in [6, 6.07) is 0. The monoisotopic (exact) mass is 440 g/mol. The topological polar surface area (TPSA) is 138 Å². The van der Waals surface area contributed by atoms with Gasteiger partial charge in [-0.05, 0) is 19.3 Å². The van der Waals surface area contributed by atoms with E-state index in [-0.39, 0.29) is 37.4 Å². The highest BCUT2D eigenvalue weighted by Gasteiger charge is 2.37. The summed E-state index contributed by atoms with van der Waals surface area (Å²) in [4.78, 5) is 25.2. The molecule has 11 nitrogen and oxygen atoms in total. The molecule has 2 aromatic heterocycles. The van der Waals surface area contributed by atoms with Crippen LogP contribution < -0.4 is 10.6 Å². The van der Waals surface area contributed by atoms with Crippen LogP contribution in [0.3, 0.4) is 0 Å². The first kappa shape index (κ1) is 21.5. The predicted molar refractivity (Wildman–Crippen MR) is 111 cm³/mol. The summed E-state index contributed by atoms with van der Waals surface area (Å²) in [5.74, 6) is 1.07. The molecular weight excluding hydrogens is 411 g/mol. The lowest BCUT2D eigenvalue weighted by Gasteiger charge is -2.32. The maximum absolute atomic E-state index is 12.0. The zero-order valence-electron chi connectivity index (χ0n) is 17.3. The van der Waals surface area contributed by atoms with E-state index in [0.29, 0.717) is 24.0 Å². The molecule has 2 aliphatic heterocycles. The normalized spacial score (nSPS) is 26.1. The molecule has 0 spiro atoms. The second kappa shape index (κ2) is 8.76. The Balaban J connectivity index is 1.45. The lowest BCUT2D eigenvalue weighted by Crippen LogP contribution is -2.38. The zero-order valence-corrected chi connectivity index (χ0v) is 18.2. The van der Waals surface area contributed by atoms with Gasteiger partial charge in [-0.3, -0.25) is 13.6 Å². The molecule has 30 heavy (non-hydrogen) atoms. The largest absolute Gasteiger partial charge is 0.472 e. The molecule has 0 aromatic carbocycles. The highest BCUT2D eigenvalue weighted by atomic mass is 31.2. The Morgan fingerprint density at radius 1 is 1.37 bits per heavy atom. The summed E-state index contributed by atoms with van der Waals surface area (Å²) in [6.45, 7) is 6.05. The number of nitrogen functional groups attached to an aromatic ring is 1. The lowest BCUT2D eigenvalue weighted by molar-refractivity contribution is -0.0305. The van der Waals surface area contributed by atoms with Gasteiger partial charge >= 0.3 is 7.82 Å². The average Bonchev–Trinajstić information content (AvgIpc) is 3.22. The van der Waals surface area contributed by atoms with Crippen molar-refractivity contribution in [1.82, 2.24) is 19.5 Å². The number of ether oxygens (including phenoxy) is 1.